The zero-order chi connectivity index (χ0) is 17.6. The summed E-state index contributed by atoms with van der Waals surface area (Å²) in [5.41, 5.74) is 5.29. The number of hydrogen-bond donors (Lipinski definition) is 2. The predicted octanol–water partition coefficient (Wildman–Crippen LogP) is 2.83. The van der Waals surface area contributed by atoms with E-state index in [9.17, 15) is 9.59 Å². The number of aldehydes is 1. The normalized spacial score (nSPS) is 12.0. The Kier molecular flexibility index (Phi) is 5.14. The number of nitrogens with one attached hydrogen (secondary N) is 2. The molecule has 0 aromatic heterocycles. The van der Waals surface area contributed by atoms with Gasteiger partial charge in [-0.15, -0.1) is 0 Å². The zero-order valence-corrected chi connectivity index (χ0v) is 13.8. The lowest BCUT2D eigenvalue weighted by molar-refractivity contribution is -0.107. The molecule has 0 aliphatic heterocycles. The van der Waals surface area contributed by atoms with E-state index < -0.39 is 6.09 Å². The van der Waals surface area contributed by atoms with Crippen LogP contribution < -0.4 is 10.6 Å². The Morgan fingerprint density at radius 2 is 1.64 bits per heavy atom. The van der Waals surface area contributed by atoms with Gasteiger partial charge in [0, 0.05) is 11.6 Å². The minimum Gasteiger partial charge on any atom is -0.449 e. The van der Waals surface area contributed by atoms with Gasteiger partial charge in [0.25, 0.3) is 0 Å². The molecule has 25 heavy (non-hydrogen) atoms. The summed E-state index contributed by atoms with van der Waals surface area (Å²) in [7, 11) is 0. The Morgan fingerprint density at radius 3 is 2.24 bits per heavy atom. The molecule has 5 nitrogen and oxygen atoms in total. The number of fused-ring (bicyclic) bond motifs is 3. The summed E-state index contributed by atoms with van der Waals surface area (Å²) in [6, 6.07) is 16.4. The summed E-state index contributed by atoms with van der Waals surface area (Å²) in [5.74, 6) is 0.0366. The second kappa shape index (κ2) is 7.66. The summed E-state index contributed by atoms with van der Waals surface area (Å²) in [6.07, 6.45) is 0.231. The number of alkyl carbamates (subject to hydrolysis) is 1. The van der Waals surface area contributed by atoms with E-state index in [-0.39, 0.29) is 25.6 Å². The molecule has 0 fully saturated rings. The van der Waals surface area contributed by atoms with Crippen molar-refractivity contribution in [3.05, 3.63) is 71.9 Å². The Hall–Kier alpha value is -3.08. The van der Waals surface area contributed by atoms with Crippen LogP contribution in [0.1, 0.15) is 17.0 Å². The molecule has 1 amide bonds. The van der Waals surface area contributed by atoms with Crippen molar-refractivity contribution in [3.63, 3.8) is 0 Å². The van der Waals surface area contributed by atoms with Crippen LogP contribution in [0, 0.1) is 0 Å². The van der Waals surface area contributed by atoms with E-state index in [0.29, 0.717) is 5.70 Å². The van der Waals surface area contributed by atoms with Gasteiger partial charge in [-0.25, -0.2) is 4.79 Å². The van der Waals surface area contributed by atoms with E-state index in [1.54, 1.807) is 0 Å². The van der Waals surface area contributed by atoms with Gasteiger partial charge in [-0.2, -0.15) is 0 Å². The Balaban J connectivity index is 1.61. The molecule has 3 rings (SSSR count). The summed E-state index contributed by atoms with van der Waals surface area (Å²) in [4.78, 5) is 22.2. The molecule has 0 atom stereocenters. The van der Waals surface area contributed by atoms with Crippen LogP contribution in [0.2, 0.25) is 0 Å². The molecule has 1 aliphatic rings. The van der Waals surface area contributed by atoms with Gasteiger partial charge in [-0.05, 0) is 22.3 Å². The van der Waals surface area contributed by atoms with Crippen molar-refractivity contribution in [2.24, 2.45) is 0 Å². The predicted molar refractivity (Wildman–Crippen MR) is 96.3 cm³/mol. The number of hydrogen-bond acceptors (Lipinski definition) is 4. The largest absolute Gasteiger partial charge is 0.449 e. The number of rotatable bonds is 7. The van der Waals surface area contributed by atoms with Gasteiger partial charge in [-0.1, -0.05) is 55.1 Å². The minimum atomic E-state index is -0.504. The first-order valence-corrected chi connectivity index (χ1v) is 8.15. The number of carbonyl (C=O) groups is 2. The van der Waals surface area contributed by atoms with E-state index in [4.69, 9.17) is 4.74 Å². The Bertz CT molecular complexity index is 756. The number of benzene rings is 2. The molecule has 2 aromatic carbocycles. The molecular formula is C20H20N2O3. The summed E-state index contributed by atoms with van der Waals surface area (Å²) >= 11 is 0. The SMILES string of the molecule is C=C(CNC(=O)OCC1c2ccccc2-c2ccccc21)NCC=O. The first-order valence-electron chi connectivity index (χ1n) is 8.15. The molecule has 0 radical (unpaired) electrons. The summed E-state index contributed by atoms with van der Waals surface area (Å²) in [6.45, 7) is 4.38. The fraction of sp³-hybridized carbons (Fsp3) is 0.200. The Labute approximate surface area is 146 Å². The van der Waals surface area contributed by atoms with Gasteiger partial charge in [0.15, 0.2) is 0 Å². The van der Waals surface area contributed by atoms with Gasteiger partial charge in [0.1, 0.15) is 12.9 Å². The molecule has 0 saturated carbocycles. The topological polar surface area (TPSA) is 67.4 Å². The zero-order valence-electron chi connectivity index (χ0n) is 13.8. The van der Waals surface area contributed by atoms with Crippen LogP contribution in [0.4, 0.5) is 4.79 Å². The second-order valence-electron chi connectivity index (χ2n) is 5.83. The van der Waals surface area contributed by atoms with Crippen molar-refractivity contribution in [2.45, 2.75) is 5.92 Å². The molecule has 2 aromatic rings. The third-order valence-corrected chi connectivity index (χ3v) is 4.23. The highest BCUT2D eigenvalue weighted by Gasteiger charge is 2.28. The molecule has 1 aliphatic carbocycles. The standard InChI is InChI=1S/C20H20N2O3/c1-14(21-10-11-23)12-22-20(24)25-13-19-17-8-4-2-6-15(17)16-7-3-5-9-18(16)19/h2-9,11,19,21H,1,10,12-13H2,(H,22,24). The van der Waals surface area contributed by atoms with Crippen LogP contribution in [-0.4, -0.2) is 32.1 Å². The highest BCUT2D eigenvalue weighted by molar-refractivity contribution is 5.79. The minimum absolute atomic E-state index is 0.0366. The Morgan fingerprint density at radius 1 is 1.04 bits per heavy atom. The third kappa shape index (κ3) is 3.71. The van der Waals surface area contributed by atoms with Crippen LogP contribution in [0.5, 0.6) is 0 Å². The van der Waals surface area contributed by atoms with E-state index in [2.05, 4.69) is 41.5 Å². The molecule has 5 heteroatoms. The first kappa shape index (κ1) is 16.8. The summed E-state index contributed by atoms with van der Waals surface area (Å²) < 4.78 is 5.41. The van der Waals surface area contributed by atoms with Crippen molar-refractivity contribution in [2.75, 3.05) is 19.7 Å². The van der Waals surface area contributed by atoms with E-state index in [1.807, 2.05) is 24.3 Å². The second-order valence-corrected chi connectivity index (χ2v) is 5.83. The van der Waals surface area contributed by atoms with E-state index in [0.717, 1.165) is 6.29 Å². The average molecular weight is 336 g/mol. The molecule has 2 N–H and O–H groups in total. The van der Waals surface area contributed by atoms with Gasteiger partial charge in [0.2, 0.25) is 0 Å². The van der Waals surface area contributed by atoms with Gasteiger partial charge in [-0.3, -0.25) is 0 Å². The van der Waals surface area contributed by atoms with Crippen LogP contribution in [0.3, 0.4) is 0 Å². The van der Waals surface area contributed by atoms with Crippen LogP contribution >= 0.6 is 0 Å². The van der Waals surface area contributed by atoms with Crippen LogP contribution in [0.25, 0.3) is 11.1 Å². The molecule has 0 spiro atoms. The van der Waals surface area contributed by atoms with Crippen molar-refractivity contribution in [1.82, 2.24) is 10.6 Å². The lowest BCUT2D eigenvalue weighted by Gasteiger charge is -2.15. The molecule has 128 valence electrons. The fourth-order valence-electron chi connectivity index (χ4n) is 3.08. The van der Waals surface area contributed by atoms with E-state index >= 15 is 0 Å². The average Bonchev–Trinajstić information content (AvgIpc) is 2.97. The first-order chi connectivity index (χ1) is 12.2. The smallest absolute Gasteiger partial charge is 0.407 e. The van der Waals surface area contributed by atoms with Crippen molar-refractivity contribution in [1.29, 1.82) is 0 Å². The fourth-order valence-corrected chi connectivity index (χ4v) is 3.08. The number of amides is 1. The van der Waals surface area contributed by atoms with Crippen LogP contribution in [-0.2, 0) is 9.53 Å². The van der Waals surface area contributed by atoms with Crippen molar-refractivity contribution < 1.29 is 14.3 Å². The lowest BCUT2D eigenvalue weighted by Crippen LogP contribution is -2.31. The van der Waals surface area contributed by atoms with Gasteiger partial charge < -0.3 is 20.2 Å². The van der Waals surface area contributed by atoms with Crippen molar-refractivity contribution >= 4 is 12.4 Å². The van der Waals surface area contributed by atoms with Crippen molar-refractivity contribution in [3.8, 4) is 11.1 Å². The molecular weight excluding hydrogens is 316 g/mol. The maximum Gasteiger partial charge on any atom is 0.407 e. The van der Waals surface area contributed by atoms with Gasteiger partial charge in [0.05, 0.1) is 13.1 Å². The summed E-state index contributed by atoms with van der Waals surface area (Å²) in [5, 5.41) is 5.40. The maximum atomic E-state index is 11.9. The van der Waals surface area contributed by atoms with Gasteiger partial charge >= 0.3 is 6.09 Å². The highest BCUT2D eigenvalue weighted by Crippen LogP contribution is 2.44. The monoisotopic (exact) mass is 336 g/mol. The maximum absolute atomic E-state index is 11.9. The number of ether oxygens (including phenoxy) is 1. The molecule has 0 unspecified atom stereocenters. The highest BCUT2D eigenvalue weighted by atomic mass is 16.5. The molecule has 0 bridgehead atoms. The number of carbonyl (C=O) groups excluding carboxylic acids is 2. The quantitative estimate of drug-likeness (QED) is 0.763. The third-order valence-electron chi connectivity index (χ3n) is 4.23. The lowest BCUT2D eigenvalue weighted by atomic mass is 9.98. The van der Waals surface area contributed by atoms with E-state index in [1.165, 1.54) is 22.3 Å². The molecule has 0 saturated heterocycles. The van der Waals surface area contributed by atoms with Crippen LogP contribution in [0.15, 0.2) is 60.8 Å². The molecule has 0 heterocycles.